The molecule has 0 saturated carbocycles. The van der Waals surface area contributed by atoms with E-state index in [0.29, 0.717) is 18.7 Å². The summed E-state index contributed by atoms with van der Waals surface area (Å²) in [6.07, 6.45) is 2.49. The highest BCUT2D eigenvalue weighted by molar-refractivity contribution is 7.89. The van der Waals surface area contributed by atoms with E-state index >= 15 is 0 Å². The average molecular weight is 432 g/mol. The number of benzene rings is 2. The van der Waals surface area contributed by atoms with Crippen molar-refractivity contribution < 1.29 is 23.3 Å². The number of nitrogens with one attached hydrogen (secondary N) is 1. The Bertz CT molecular complexity index is 1060. The van der Waals surface area contributed by atoms with Crippen LogP contribution < -0.4 is 10.4 Å². The fourth-order valence-corrected chi connectivity index (χ4v) is 4.59. The maximum atomic E-state index is 13.0. The number of piperazine rings is 1. The second-order valence-electron chi connectivity index (χ2n) is 6.55. The average Bonchev–Trinajstić information content (AvgIpc) is 2.77. The van der Waals surface area contributed by atoms with Crippen LogP contribution in [0.2, 0.25) is 0 Å². The van der Waals surface area contributed by atoms with E-state index < -0.39 is 20.9 Å². The standard InChI is InChI=1S/C19H20N4O6S/c24-19(20-25)9-4-15-2-1-3-18(14-15)30(28,29)22-12-10-21(11-13-22)16-5-7-17(8-6-16)23(26)27/h1-9,14,25H,10-13H2,(H,20,24)/b9-4+. The molecule has 1 aliphatic rings. The Hall–Kier alpha value is -3.28. The van der Waals surface area contributed by atoms with Crippen molar-refractivity contribution in [3.63, 3.8) is 0 Å². The molecule has 1 aliphatic heterocycles. The molecule has 2 aromatic rings. The predicted octanol–water partition coefficient (Wildman–Crippen LogP) is 1.62. The Kier molecular flexibility index (Phi) is 6.45. The van der Waals surface area contributed by atoms with Crippen molar-refractivity contribution in [1.82, 2.24) is 9.79 Å². The highest BCUT2D eigenvalue weighted by Crippen LogP contribution is 2.24. The van der Waals surface area contributed by atoms with E-state index in [1.807, 2.05) is 4.90 Å². The van der Waals surface area contributed by atoms with E-state index in [-0.39, 0.29) is 23.7 Å². The van der Waals surface area contributed by atoms with Crippen molar-refractivity contribution in [3.05, 3.63) is 70.3 Å². The molecular weight excluding hydrogens is 412 g/mol. The van der Waals surface area contributed by atoms with E-state index in [4.69, 9.17) is 5.21 Å². The summed E-state index contributed by atoms with van der Waals surface area (Å²) in [6, 6.07) is 12.3. The van der Waals surface area contributed by atoms with Gasteiger partial charge in [0.1, 0.15) is 0 Å². The molecule has 0 aliphatic carbocycles. The summed E-state index contributed by atoms with van der Waals surface area (Å²) in [4.78, 5) is 23.5. The van der Waals surface area contributed by atoms with Gasteiger partial charge in [-0.05, 0) is 35.9 Å². The number of anilines is 1. The molecule has 0 spiro atoms. The minimum absolute atomic E-state index is 0.00497. The molecule has 10 nitrogen and oxygen atoms in total. The zero-order chi connectivity index (χ0) is 21.7. The van der Waals surface area contributed by atoms with Crippen LogP contribution in [-0.2, 0) is 14.8 Å². The van der Waals surface area contributed by atoms with Crippen molar-refractivity contribution in [2.75, 3.05) is 31.1 Å². The molecule has 3 rings (SSSR count). The SMILES string of the molecule is O=C(/C=C/c1cccc(S(=O)(=O)N2CCN(c3ccc([N+](=O)[O-])cc3)CC2)c1)NO. The number of hydroxylamine groups is 1. The third kappa shape index (κ3) is 4.82. The van der Waals surface area contributed by atoms with E-state index in [0.717, 1.165) is 11.8 Å². The normalized spacial score (nSPS) is 15.3. The third-order valence-corrected chi connectivity index (χ3v) is 6.59. The van der Waals surface area contributed by atoms with Crippen LogP contribution in [0.5, 0.6) is 0 Å². The maximum Gasteiger partial charge on any atom is 0.269 e. The molecule has 158 valence electrons. The lowest BCUT2D eigenvalue weighted by Gasteiger charge is -2.35. The van der Waals surface area contributed by atoms with Crippen LogP contribution in [-0.4, -0.2) is 54.9 Å². The molecular formula is C19H20N4O6S. The largest absolute Gasteiger partial charge is 0.369 e. The first-order valence-electron chi connectivity index (χ1n) is 9.03. The molecule has 0 atom stereocenters. The number of amides is 1. The molecule has 30 heavy (non-hydrogen) atoms. The van der Waals surface area contributed by atoms with Crippen LogP contribution in [0.1, 0.15) is 5.56 Å². The molecule has 1 amide bonds. The number of nitro groups is 1. The summed E-state index contributed by atoms with van der Waals surface area (Å²) in [5, 5.41) is 19.3. The van der Waals surface area contributed by atoms with Crippen LogP contribution in [0.25, 0.3) is 6.08 Å². The summed E-state index contributed by atoms with van der Waals surface area (Å²) in [5.41, 5.74) is 2.77. The molecule has 0 bridgehead atoms. The maximum absolute atomic E-state index is 13.0. The predicted molar refractivity (Wildman–Crippen MR) is 109 cm³/mol. The molecule has 0 aromatic heterocycles. The molecule has 1 heterocycles. The van der Waals surface area contributed by atoms with Gasteiger partial charge in [0.05, 0.1) is 9.82 Å². The fraction of sp³-hybridized carbons (Fsp3) is 0.211. The van der Waals surface area contributed by atoms with Gasteiger partial charge in [0.25, 0.3) is 11.6 Å². The second-order valence-corrected chi connectivity index (χ2v) is 8.48. The van der Waals surface area contributed by atoms with Crippen molar-refractivity contribution >= 4 is 33.4 Å². The first-order valence-corrected chi connectivity index (χ1v) is 10.5. The summed E-state index contributed by atoms with van der Waals surface area (Å²) < 4.78 is 27.4. The summed E-state index contributed by atoms with van der Waals surface area (Å²) in [6.45, 7) is 1.44. The van der Waals surface area contributed by atoms with Crippen LogP contribution in [0, 0.1) is 10.1 Å². The number of non-ortho nitro benzene ring substituents is 1. The van der Waals surface area contributed by atoms with Gasteiger partial charge in [-0.25, -0.2) is 13.9 Å². The Balaban J connectivity index is 1.69. The van der Waals surface area contributed by atoms with E-state index in [1.165, 1.54) is 40.1 Å². The lowest BCUT2D eigenvalue weighted by atomic mass is 10.2. The topological polar surface area (TPSA) is 133 Å². The summed E-state index contributed by atoms with van der Waals surface area (Å²) in [5.74, 6) is -0.717. The monoisotopic (exact) mass is 432 g/mol. The molecule has 0 unspecified atom stereocenters. The lowest BCUT2D eigenvalue weighted by molar-refractivity contribution is -0.384. The highest BCUT2D eigenvalue weighted by atomic mass is 32.2. The van der Waals surface area contributed by atoms with Crippen molar-refractivity contribution in [2.24, 2.45) is 0 Å². The van der Waals surface area contributed by atoms with Crippen LogP contribution in [0.3, 0.4) is 0 Å². The van der Waals surface area contributed by atoms with Crippen LogP contribution in [0.4, 0.5) is 11.4 Å². The number of carbonyl (C=O) groups is 1. The van der Waals surface area contributed by atoms with Gasteiger partial charge in [-0.2, -0.15) is 4.31 Å². The highest BCUT2D eigenvalue weighted by Gasteiger charge is 2.28. The Morgan fingerprint density at radius 2 is 1.77 bits per heavy atom. The van der Waals surface area contributed by atoms with Gasteiger partial charge in [-0.1, -0.05) is 12.1 Å². The quantitative estimate of drug-likeness (QED) is 0.307. The zero-order valence-electron chi connectivity index (χ0n) is 15.8. The molecule has 11 heteroatoms. The number of rotatable bonds is 6. The zero-order valence-corrected chi connectivity index (χ0v) is 16.7. The minimum Gasteiger partial charge on any atom is -0.369 e. The lowest BCUT2D eigenvalue weighted by Crippen LogP contribution is -2.48. The van der Waals surface area contributed by atoms with Gasteiger partial charge in [0, 0.05) is 50.1 Å². The smallest absolute Gasteiger partial charge is 0.269 e. The third-order valence-electron chi connectivity index (χ3n) is 4.70. The van der Waals surface area contributed by atoms with Gasteiger partial charge in [-0.3, -0.25) is 20.1 Å². The number of hydrogen-bond donors (Lipinski definition) is 2. The van der Waals surface area contributed by atoms with Crippen LogP contribution >= 0.6 is 0 Å². The van der Waals surface area contributed by atoms with Gasteiger partial charge in [-0.15, -0.1) is 0 Å². The van der Waals surface area contributed by atoms with Crippen molar-refractivity contribution in [1.29, 1.82) is 0 Å². The molecule has 1 saturated heterocycles. The Labute approximate surface area is 173 Å². The molecule has 1 fully saturated rings. The van der Waals surface area contributed by atoms with Crippen molar-refractivity contribution in [2.45, 2.75) is 4.90 Å². The first-order chi connectivity index (χ1) is 14.3. The Morgan fingerprint density at radius 1 is 1.10 bits per heavy atom. The van der Waals surface area contributed by atoms with Crippen molar-refractivity contribution in [3.8, 4) is 0 Å². The van der Waals surface area contributed by atoms with Gasteiger partial charge < -0.3 is 4.90 Å². The fourth-order valence-electron chi connectivity index (χ4n) is 3.11. The van der Waals surface area contributed by atoms with Gasteiger partial charge in [0.15, 0.2) is 0 Å². The van der Waals surface area contributed by atoms with E-state index in [1.54, 1.807) is 24.3 Å². The number of nitrogens with zero attached hydrogens (tertiary/aromatic N) is 3. The number of carbonyl (C=O) groups excluding carboxylic acids is 1. The number of hydrogen-bond acceptors (Lipinski definition) is 7. The first kappa shape index (κ1) is 21.4. The van der Waals surface area contributed by atoms with E-state index in [9.17, 15) is 23.3 Å². The summed E-state index contributed by atoms with van der Waals surface area (Å²) >= 11 is 0. The molecule has 0 radical (unpaired) electrons. The number of sulfonamides is 1. The molecule has 2 N–H and O–H groups in total. The number of nitro benzene ring substituents is 1. The molecule has 2 aromatic carbocycles. The van der Waals surface area contributed by atoms with Gasteiger partial charge in [0.2, 0.25) is 10.0 Å². The minimum atomic E-state index is -3.72. The second kappa shape index (κ2) is 9.03. The summed E-state index contributed by atoms with van der Waals surface area (Å²) in [7, 11) is -3.72. The van der Waals surface area contributed by atoms with E-state index in [2.05, 4.69) is 0 Å². The van der Waals surface area contributed by atoms with Gasteiger partial charge >= 0.3 is 0 Å². The Morgan fingerprint density at radius 3 is 2.37 bits per heavy atom. The van der Waals surface area contributed by atoms with Crippen LogP contribution in [0.15, 0.2) is 59.5 Å².